The van der Waals surface area contributed by atoms with Gasteiger partial charge in [-0.15, -0.1) is 0 Å². The molecule has 128 valence electrons. The van der Waals surface area contributed by atoms with Gasteiger partial charge in [-0.05, 0) is 43.4 Å². The average molecular weight is 371 g/mol. The van der Waals surface area contributed by atoms with Crippen LogP contribution < -0.4 is 10.2 Å². The normalized spacial score (nSPS) is 21.7. The smallest absolute Gasteiger partial charge is 0.326 e. The zero-order valence-electron chi connectivity index (χ0n) is 12.7. The fourth-order valence-electron chi connectivity index (χ4n) is 2.92. The quantitative estimate of drug-likeness (QED) is 0.778. The molecule has 0 spiro atoms. The van der Waals surface area contributed by atoms with Crippen LogP contribution >= 0.6 is 23.2 Å². The molecule has 2 atom stereocenters. The Bertz CT molecular complexity index is 705. The number of rotatable bonds is 5. The second-order valence-electron chi connectivity index (χ2n) is 6.09. The Morgan fingerprint density at radius 3 is 2.58 bits per heavy atom. The number of halogens is 2. The van der Waals surface area contributed by atoms with Crippen LogP contribution in [-0.2, 0) is 14.4 Å². The maximum Gasteiger partial charge on any atom is 0.326 e. The minimum atomic E-state index is -1.06. The van der Waals surface area contributed by atoms with Gasteiger partial charge in [0.05, 0.1) is 10.7 Å². The molecule has 1 saturated heterocycles. The predicted molar refractivity (Wildman–Crippen MR) is 89.2 cm³/mol. The highest BCUT2D eigenvalue weighted by Crippen LogP contribution is 2.35. The molecule has 2 amide bonds. The molecule has 6 nitrogen and oxygen atoms in total. The van der Waals surface area contributed by atoms with Crippen LogP contribution in [0.2, 0.25) is 10.0 Å². The van der Waals surface area contributed by atoms with Crippen LogP contribution in [0.4, 0.5) is 5.69 Å². The van der Waals surface area contributed by atoms with Crippen molar-refractivity contribution in [1.29, 1.82) is 0 Å². The number of carboxylic acids is 1. The summed E-state index contributed by atoms with van der Waals surface area (Å²) >= 11 is 12.1. The van der Waals surface area contributed by atoms with Gasteiger partial charge in [-0.2, -0.15) is 0 Å². The largest absolute Gasteiger partial charge is 0.480 e. The second kappa shape index (κ2) is 6.61. The number of hydrogen-bond donors (Lipinski definition) is 2. The van der Waals surface area contributed by atoms with E-state index in [1.807, 2.05) is 0 Å². The lowest BCUT2D eigenvalue weighted by atomic mass is 10.1. The van der Waals surface area contributed by atoms with E-state index in [1.165, 1.54) is 4.90 Å². The number of carbonyl (C=O) groups excluding carboxylic acids is 2. The summed E-state index contributed by atoms with van der Waals surface area (Å²) in [6, 6.07) is 3.86. The highest BCUT2D eigenvalue weighted by molar-refractivity contribution is 6.36. The lowest BCUT2D eigenvalue weighted by Gasteiger charge is -2.19. The van der Waals surface area contributed by atoms with E-state index >= 15 is 0 Å². The van der Waals surface area contributed by atoms with Gasteiger partial charge in [0.2, 0.25) is 11.8 Å². The van der Waals surface area contributed by atoms with E-state index in [1.54, 1.807) is 18.2 Å². The van der Waals surface area contributed by atoms with E-state index in [4.69, 9.17) is 23.2 Å². The molecular formula is C16H16Cl2N2O4. The minimum Gasteiger partial charge on any atom is -0.480 e. The Morgan fingerprint density at radius 2 is 1.96 bits per heavy atom. The molecule has 0 aromatic heterocycles. The van der Waals surface area contributed by atoms with E-state index in [9.17, 15) is 19.5 Å². The fraction of sp³-hybridized carbons (Fsp3) is 0.438. The molecule has 2 N–H and O–H groups in total. The van der Waals surface area contributed by atoms with Gasteiger partial charge in [0.1, 0.15) is 12.0 Å². The molecule has 1 aromatic carbocycles. The van der Waals surface area contributed by atoms with Gasteiger partial charge < -0.3 is 15.3 Å². The summed E-state index contributed by atoms with van der Waals surface area (Å²) in [5.41, 5.74) is 0.460. The predicted octanol–water partition coefficient (Wildman–Crippen LogP) is 2.33. The van der Waals surface area contributed by atoms with Crippen molar-refractivity contribution in [3.8, 4) is 0 Å². The number of hydrogen-bond acceptors (Lipinski definition) is 3. The fourth-order valence-corrected chi connectivity index (χ4v) is 3.31. The monoisotopic (exact) mass is 370 g/mol. The van der Waals surface area contributed by atoms with Crippen molar-refractivity contribution in [2.45, 2.75) is 25.3 Å². The van der Waals surface area contributed by atoms with Crippen molar-refractivity contribution in [2.24, 2.45) is 11.8 Å². The number of benzene rings is 1. The first kappa shape index (κ1) is 17.0. The molecule has 0 radical (unpaired) electrons. The van der Waals surface area contributed by atoms with Crippen molar-refractivity contribution in [3.05, 3.63) is 28.2 Å². The number of anilines is 1. The molecule has 1 aromatic rings. The molecule has 1 aliphatic heterocycles. The third-order valence-corrected chi connectivity index (χ3v) is 4.93. The van der Waals surface area contributed by atoms with E-state index in [-0.39, 0.29) is 5.92 Å². The van der Waals surface area contributed by atoms with Crippen LogP contribution in [-0.4, -0.2) is 35.5 Å². The molecule has 1 saturated carbocycles. The van der Waals surface area contributed by atoms with Crippen LogP contribution in [0.1, 0.15) is 19.3 Å². The van der Waals surface area contributed by atoms with Crippen LogP contribution in [0.3, 0.4) is 0 Å². The molecule has 3 rings (SSSR count). The summed E-state index contributed by atoms with van der Waals surface area (Å²) in [6.07, 6.45) is 1.87. The summed E-state index contributed by atoms with van der Waals surface area (Å²) in [5.74, 6) is -2.94. The molecule has 24 heavy (non-hydrogen) atoms. The van der Waals surface area contributed by atoms with Gasteiger partial charge in [-0.25, -0.2) is 4.79 Å². The number of carboxylic acid groups (broad SMARTS) is 1. The molecule has 2 unspecified atom stereocenters. The van der Waals surface area contributed by atoms with Crippen molar-refractivity contribution in [3.63, 3.8) is 0 Å². The topological polar surface area (TPSA) is 86.7 Å². The molecule has 2 fully saturated rings. The van der Waals surface area contributed by atoms with Crippen molar-refractivity contribution < 1.29 is 19.5 Å². The van der Waals surface area contributed by atoms with Gasteiger partial charge in [0, 0.05) is 11.6 Å². The third kappa shape index (κ3) is 3.35. The minimum absolute atomic E-state index is 0.0403. The van der Waals surface area contributed by atoms with Crippen LogP contribution in [0.5, 0.6) is 0 Å². The van der Waals surface area contributed by atoms with Gasteiger partial charge in [-0.3, -0.25) is 9.59 Å². The molecule has 0 bridgehead atoms. The first-order valence-corrected chi connectivity index (χ1v) is 8.43. The van der Waals surface area contributed by atoms with Crippen molar-refractivity contribution in [1.82, 2.24) is 5.32 Å². The second-order valence-corrected chi connectivity index (χ2v) is 6.93. The van der Waals surface area contributed by atoms with Crippen molar-refractivity contribution in [2.75, 3.05) is 11.4 Å². The maximum absolute atomic E-state index is 12.6. The molecule has 1 heterocycles. The van der Waals surface area contributed by atoms with Crippen LogP contribution in [0.15, 0.2) is 18.2 Å². The number of nitrogens with one attached hydrogen (secondary N) is 1. The summed E-state index contributed by atoms with van der Waals surface area (Å²) < 4.78 is 0. The van der Waals surface area contributed by atoms with Crippen LogP contribution in [0, 0.1) is 11.8 Å². The lowest BCUT2D eigenvalue weighted by Crippen LogP contribution is -2.46. The Hall–Kier alpha value is -1.79. The van der Waals surface area contributed by atoms with E-state index < -0.39 is 29.7 Å². The van der Waals surface area contributed by atoms with E-state index in [0.29, 0.717) is 28.7 Å². The number of carbonyl (C=O) groups is 3. The summed E-state index contributed by atoms with van der Waals surface area (Å²) in [6.45, 7) is 0.331. The summed E-state index contributed by atoms with van der Waals surface area (Å²) in [7, 11) is 0. The van der Waals surface area contributed by atoms with Gasteiger partial charge in [0.15, 0.2) is 0 Å². The molecule has 1 aliphatic carbocycles. The van der Waals surface area contributed by atoms with E-state index in [2.05, 4.69) is 5.32 Å². The lowest BCUT2D eigenvalue weighted by molar-refractivity contribution is -0.144. The first-order valence-electron chi connectivity index (χ1n) is 7.68. The Kier molecular flexibility index (Phi) is 4.69. The number of amides is 2. The Labute approximate surface area is 148 Å². The summed E-state index contributed by atoms with van der Waals surface area (Å²) in [4.78, 5) is 37.6. The zero-order valence-corrected chi connectivity index (χ0v) is 14.2. The molecule has 2 aliphatic rings. The highest BCUT2D eigenvalue weighted by Gasteiger charge is 2.42. The Morgan fingerprint density at radius 1 is 1.25 bits per heavy atom. The zero-order chi connectivity index (χ0) is 17.4. The van der Waals surface area contributed by atoms with Gasteiger partial charge in [0.25, 0.3) is 0 Å². The van der Waals surface area contributed by atoms with Gasteiger partial charge >= 0.3 is 5.97 Å². The maximum atomic E-state index is 12.6. The molecular weight excluding hydrogens is 355 g/mol. The number of nitrogens with zero attached hydrogens (tertiary/aromatic N) is 1. The average Bonchev–Trinajstić information content (AvgIpc) is 3.29. The number of aliphatic carboxylic acids is 1. The van der Waals surface area contributed by atoms with Gasteiger partial charge in [-0.1, -0.05) is 23.2 Å². The van der Waals surface area contributed by atoms with Crippen molar-refractivity contribution >= 4 is 46.7 Å². The van der Waals surface area contributed by atoms with E-state index in [0.717, 1.165) is 12.8 Å². The molecule has 8 heteroatoms. The highest BCUT2D eigenvalue weighted by atomic mass is 35.5. The Balaban J connectivity index is 1.72. The third-order valence-electron chi connectivity index (χ3n) is 4.38. The first-order chi connectivity index (χ1) is 11.4. The summed E-state index contributed by atoms with van der Waals surface area (Å²) in [5, 5.41) is 12.5. The standard InChI is InChI=1S/C16H16Cl2N2O4/c17-9-3-4-11(18)12(7-9)20-6-5-10(15(20)22)14(21)19-13(16(23)24)8-1-2-8/h3-4,7-8,10,13H,1-2,5-6H2,(H,19,21)(H,23,24). The van der Waals surface area contributed by atoms with Crippen LogP contribution in [0.25, 0.3) is 0 Å². The SMILES string of the molecule is O=C(NC(C(=O)O)C1CC1)C1CCN(c2cc(Cl)ccc2Cl)C1=O.